The lowest BCUT2D eigenvalue weighted by molar-refractivity contribution is -0.119. The molecule has 0 saturated heterocycles. The van der Waals surface area contributed by atoms with Crippen LogP contribution in [0.5, 0.6) is 5.75 Å². The van der Waals surface area contributed by atoms with Gasteiger partial charge in [0, 0.05) is 37.3 Å². The Bertz CT molecular complexity index is 1270. The van der Waals surface area contributed by atoms with Crippen molar-refractivity contribution >= 4 is 12.0 Å². The molecule has 48 heavy (non-hydrogen) atoms. The molecule has 0 radical (unpaired) electrons. The van der Waals surface area contributed by atoms with E-state index in [9.17, 15) is 9.59 Å². The third kappa shape index (κ3) is 12.1. The number of alkyl carbamates (subject to hydrolysis) is 1. The summed E-state index contributed by atoms with van der Waals surface area (Å²) in [6.45, 7) is 15.2. The number of benzene rings is 2. The maximum atomic E-state index is 12.5. The van der Waals surface area contributed by atoms with Crippen molar-refractivity contribution in [2.75, 3.05) is 13.2 Å². The van der Waals surface area contributed by atoms with Gasteiger partial charge in [0.2, 0.25) is 5.91 Å². The second-order valence-electron chi connectivity index (χ2n) is 16.1. The predicted octanol–water partition coefficient (Wildman–Crippen LogP) is 9.12. The topological polar surface area (TPSA) is 85.9 Å². The van der Waals surface area contributed by atoms with Gasteiger partial charge >= 0.3 is 6.09 Å². The first-order valence-electron chi connectivity index (χ1n) is 18.4. The summed E-state index contributed by atoms with van der Waals surface area (Å²) < 4.78 is 18.2. The lowest BCUT2D eigenvalue weighted by Crippen LogP contribution is -2.39. The maximum absolute atomic E-state index is 12.5. The molecule has 0 atom stereocenters. The first-order valence-corrected chi connectivity index (χ1v) is 18.4. The summed E-state index contributed by atoms with van der Waals surface area (Å²) in [7, 11) is 0. The third-order valence-corrected chi connectivity index (χ3v) is 10.7. The molecule has 266 valence electrons. The van der Waals surface area contributed by atoms with Gasteiger partial charge < -0.3 is 24.8 Å². The highest BCUT2D eigenvalue weighted by Gasteiger charge is 2.29. The lowest BCUT2D eigenvalue weighted by Gasteiger charge is -2.34. The van der Waals surface area contributed by atoms with E-state index in [1.807, 2.05) is 13.8 Å². The molecule has 0 bridgehead atoms. The van der Waals surface area contributed by atoms with Crippen molar-refractivity contribution < 1.29 is 23.8 Å². The number of amides is 2. The first-order chi connectivity index (χ1) is 22.7. The Kier molecular flexibility index (Phi) is 13.4. The van der Waals surface area contributed by atoms with Crippen LogP contribution in [-0.4, -0.2) is 48.5 Å². The average Bonchev–Trinajstić information content (AvgIpc) is 3.03. The largest absolute Gasteiger partial charge is 0.488 e. The van der Waals surface area contributed by atoms with Crippen molar-refractivity contribution in [3.8, 4) is 5.75 Å². The Labute approximate surface area is 290 Å². The molecule has 2 fully saturated rings. The Hall–Kier alpha value is -3.06. The summed E-state index contributed by atoms with van der Waals surface area (Å²) in [5, 5.41) is 6.18. The average molecular weight is 663 g/mol. The van der Waals surface area contributed by atoms with E-state index in [0.29, 0.717) is 25.7 Å². The zero-order chi connectivity index (χ0) is 34.8. The predicted molar refractivity (Wildman–Crippen MR) is 193 cm³/mol. The van der Waals surface area contributed by atoms with Crippen LogP contribution in [0.15, 0.2) is 54.6 Å². The van der Waals surface area contributed by atoms with Crippen molar-refractivity contribution in [3.63, 3.8) is 0 Å². The fourth-order valence-corrected chi connectivity index (χ4v) is 7.42. The highest BCUT2D eigenvalue weighted by molar-refractivity contribution is 5.73. The molecular formula is C41H62N2O5. The fourth-order valence-electron chi connectivity index (χ4n) is 7.42. The van der Waals surface area contributed by atoms with E-state index in [2.05, 4.69) is 92.9 Å². The molecule has 7 nitrogen and oxygen atoms in total. The highest BCUT2D eigenvalue weighted by atomic mass is 16.6. The normalized spacial score (nSPS) is 22.1. The van der Waals surface area contributed by atoms with Gasteiger partial charge in [0.15, 0.2) is 0 Å². The van der Waals surface area contributed by atoms with Crippen molar-refractivity contribution in [1.82, 2.24) is 10.6 Å². The summed E-state index contributed by atoms with van der Waals surface area (Å²) in [4.78, 5) is 23.9. The van der Waals surface area contributed by atoms with Crippen LogP contribution in [0.2, 0.25) is 0 Å². The summed E-state index contributed by atoms with van der Waals surface area (Å²) in [5.74, 6) is 2.45. The Morgan fingerprint density at radius 3 is 1.75 bits per heavy atom. The molecule has 0 aromatic heterocycles. The van der Waals surface area contributed by atoms with Gasteiger partial charge in [-0.1, -0.05) is 56.3 Å². The standard InChI is InChI=1S/C41H62N2O5/c1-30(44)42-35-19-13-31(14-20-35)29-32-15-21-36(22-16-32)43-38(45)46-27-25-39(2,3)47-28-26-40(4,5)48-37-23-17-34(18-24-37)41(6,7)33-11-9-8-10-12-33/h8-12,17-18,23-24,31-32,35-36H,13-16,19-22,25-29H2,1-7H3,(H,42,44)(H,43,45). The summed E-state index contributed by atoms with van der Waals surface area (Å²) in [6.07, 6.45) is 11.3. The smallest absolute Gasteiger partial charge is 0.407 e. The second-order valence-corrected chi connectivity index (χ2v) is 16.1. The van der Waals surface area contributed by atoms with Gasteiger partial charge in [0.05, 0.1) is 18.8 Å². The van der Waals surface area contributed by atoms with Crippen LogP contribution in [-0.2, 0) is 19.7 Å². The number of hydrogen-bond acceptors (Lipinski definition) is 5. The summed E-state index contributed by atoms with van der Waals surface area (Å²) >= 11 is 0. The van der Waals surface area contributed by atoms with Gasteiger partial charge in [-0.05, 0) is 121 Å². The second kappa shape index (κ2) is 17.0. The van der Waals surface area contributed by atoms with E-state index in [1.54, 1.807) is 6.92 Å². The van der Waals surface area contributed by atoms with Gasteiger partial charge in [0.25, 0.3) is 0 Å². The molecule has 2 saturated carbocycles. The van der Waals surface area contributed by atoms with E-state index in [0.717, 1.165) is 62.5 Å². The van der Waals surface area contributed by atoms with Crippen molar-refractivity contribution in [2.45, 2.75) is 148 Å². The number of ether oxygens (including phenoxy) is 3. The van der Waals surface area contributed by atoms with E-state index in [-0.39, 0.29) is 23.5 Å². The van der Waals surface area contributed by atoms with Gasteiger partial charge in [-0.3, -0.25) is 4.79 Å². The molecule has 2 N–H and O–H groups in total. The monoisotopic (exact) mass is 662 g/mol. The van der Waals surface area contributed by atoms with E-state index >= 15 is 0 Å². The van der Waals surface area contributed by atoms with Crippen LogP contribution in [0.4, 0.5) is 4.79 Å². The lowest BCUT2D eigenvalue weighted by atomic mass is 9.75. The summed E-state index contributed by atoms with van der Waals surface area (Å²) in [5.41, 5.74) is 1.64. The van der Waals surface area contributed by atoms with Crippen LogP contribution >= 0.6 is 0 Å². The zero-order valence-corrected chi connectivity index (χ0v) is 30.7. The van der Waals surface area contributed by atoms with Crippen LogP contribution < -0.4 is 15.4 Å². The molecule has 0 spiro atoms. The Morgan fingerprint density at radius 2 is 1.19 bits per heavy atom. The van der Waals surface area contributed by atoms with Crippen molar-refractivity contribution in [2.24, 2.45) is 11.8 Å². The minimum absolute atomic E-state index is 0.0860. The zero-order valence-electron chi connectivity index (χ0n) is 30.7. The van der Waals surface area contributed by atoms with Gasteiger partial charge in [-0.2, -0.15) is 0 Å². The minimum Gasteiger partial charge on any atom is -0.488 e. The Balaban J connectivity index is 1.08. The molecule has 4 rings (SSSR count). The van der Waals surface area contributed by atoms with E-state index < -0.39 is 11.2 Å². The molecule has 2 amide bonds. The van der Waals surface area contributed by atoms with Gasteiger partial charge in [-0.25, -0.2) is 4.79 Å². The number of carbonyl (C=O) groups is 2. The van der Waals surface area contributed by atoms with Crippen LogP contribution in [0.25, 0.3) is 0 Å². The van der Waals surface area contributed by atoms with Gasteiger partial charge in [0.1, 0.15) is 11.4 Å². The third-order valence-electron chi connectivity index (χ3n) is 10.7. The molecule has 0 unspecified atom stereocenters. The minimum atomic E-state index is -0.416. The van der Waals surface area contributed by atoms with Crippen molar-refractivity contribution in [1.29, 1.82) is 0 Å². The molecular weight excluding hydrogens is 600 g/mol. The summed E-state index contributed by atoms with van der Waals surface area (Å²) in [6, 6.07) is 19.6. The van der Waals surface area contributed by atoms with Crippen LogP contribution in [0, 0.1) is 11.8 Å². The SMILES string of the molecule is CC(=O)NC1CCC(CC2CCC(NC(=O)OCCC(C)(C)OCCC(C)(C)Oc3ccc(C(C)(C)c4ccccc4)cc3)CC2)CC1. The quantitative estimate of drug-likeness (QED) is 0.199. The van der Waals surface area contributed by atoms with Crippen LogP contribution in [0.3, 0.4) is 0 Å². The first kappa shape index (κ1) is 37.8. The number of nitrogens with one attached hydrogen (secondary N) is 2. The van der Waals surface area contributed by atoms with Crippen molar-refractivity contribution in [3.05, 3.63) is 65.7 Å². The molecule has 2 aromatic carbocycles. The molecule has 2 aliphatic carbocycles. The molecule has 0 heterocycles. The maximum Gasteiger partial charge on any atom is 0.407 e. The van der Waals surface area contributed by atoms with Gasteiger partial charge in [-0.15, -0.1) is 0 Å². The van der Waals surface area contributed by atoms with E-state index in [4.69, 9.17) is 14.2 Å². The van der Waals surface area contributed by atoms with Crippen LogP contribution in [0.1, 0.15) is 130 Å². The fraction of sp³-hybridized carbons (Fsp3) is 0.659. The molecule has 0 aliphatic heterocycles. The number of rotatable bonds is 15. The number of carbonyl (C=O) groups excluding carboxylic acids is 2. The Morgan fingerprint density at radius 1 is 0.667 bits per heavy atom. The number of hydrogen-bond donors (Lipinski definition) is 2. The molecule has 2 aliphatic rings. The van der Waals surface area contributed by atoms with E-state index in [1.165, 1.54) is 30.4 Å². The molecule has 7 heteroatoms. The molecule has 2 aromatic rings. The highest BCUT2D eigenvalue weighted by Crippen LogP contribution is 2.36.